The molecule has 4 heteroatoms. The van der Waals surface area contributed by atoms with E-state index < -0.39 is 5.69 Å². The van der Waals surface area contributed by atoms with Crippen LogP contribution in [-0.2, 0) is 4.79 Å². The summed E-state index contributed by atoms with van der Waals surface area (Å²) in [6, 6.07) is 1.51. The molecule has 0 spiro atoms. The number of nitrogens with zero attached hydrogens (tertiary/aromatic N) is 2. The molecule has 0 saturated heterocycles. The first-order valence-corrected chi connectivity index (χ1v) is 2.33. The van der Waals surface area contributed by atoms with Gasteiger partial charge in [0, 0.05) is 12.4 Å². The summed E-state index contributed by atoms with van der Waals surface area (Å²) in [5, 5.41) is 0. The van der Waals surface area contributed by atoms with Crippen LogP contribution in [0.25, 0.3) is 0 Å². The van der Waals surface area contributed by atoms with Crippen molar-refractivity contribution in [2.24, 2.45) is 0 Å². The lowest BCUT2D eigenvalue weighted by Gasteiger charge is -1.86. The van der Waals surface area contributed by atoms with Gasteiger partial charge in [0.2, 0.25) is 6.41 Å². The average molecular weight is 124 g/mol. The Labute approximate surface area is 50.8 Å². The van der Waals surface area contributed by atoms with Crippen LogP contribution in [-0.4, -0.2) is 16.0 Å². The molecule has 0 bridgehead atoms. The third-order valence-electron chi connectivity index (χ3n) is 0.852. The molecule has 4 nitrogen and oxygen atoms in total. The van der Waals surface area contributed by atoms with Gasteiger partial charge in [-0.1, -0.05) is 0 Å². The molecule has 1 heterocycles. The van der Waals surface area contributed by atoms with E-state index in [1.54, 1.807) is 0 Å². The van der Waals surface area contributed by atoms with Gasteiger partial charge in [-0.25, -0.2) is 14.3 Å². The Hall–Kier alpha value is -1.45. The molecule has 0 aromatic carbocycles. The largest absolute Gasteiger partial charge is 0.354 e. The van der Waals surface area contributed by atoms with Crippen LogP contribution in [0.1, 0.15) is 0 Å². The van der Waals surface area contributed by atoms with Crippen molar-refractivity contribution in [1.82, 2.24) is 9.55 Å². The molecule has 1 rings (SSSR count). The molecule has 1 aromatic heterocycles. The van der Waals surface area contributed by atoms with Crippen molar-refractivity contribution in [3.8, 4) is 0 Å². The predicted molar refractivity (Wildman–Crippen MR) is 30.6 cm³/mol. The second-order valence-corrected chi connectivity index (χ2v) is 1.41. The van der Waals surface area contributed by atoms with E-state index >= 15 is 0 Å². The van der Waals surface area contributed by atoms with Gasteiger partial charge < -0.3 is 0 Å². The second-order valence-electron chi connectivity index (χ2n) is 1.41. The van der Waals surface area contributed by atoms with Crippen LogP contribution in [0.2, 0.25) is 0 Å². The molecule has 0 N–H and O–H groups in total. The van der Waals surface area contributed by atoms with Crippen molar-refractivity contribution in [3.63, 3.8) is 0 Å². The van der Waals surface area contributed by atoms with Gasteiger partial charge in [-0.3, -0.25) is 4.79 Å². The van der Waals surface area contributed by atoms with Crippen LogP contribution in [0.3, 0.4) is 0 Å². The first-order chi connectivity index (χ1) is 4.34. The van der Waals surface area contributed by atoms with Gasteiger partial charge in [0.25, 0.3) is 0 Å². The van der Waals surface area contributed by atoms with Gasteiger partial charge in [0.1, 0.15) is 0 Å². The topological polar surface area (TPSA) is 52.0 Å². The lowest BCUT2D eigenvalue weighted by atomic mass is 10.7. The summed E-state index contributed by atoms with van der Waals surface area (Å²) in [6.45, 7) is 0. The smallest absolute Gasteiger partial charge is 0.278 e. The minimum Gasteiger partial charge on any atom is -0.278 e. The maximum Gasteiger partial charge on any atom is 0.354 e. The molecule has 0 saturated carbocycles. The van der Waals surface area contributed by atoms with E-state index in [-0.39, 0.29) is 0 Å². The zero-order chi connectivity index (χ0) is 6.69. The highest BCUT2D eigenvalue weighted by Gasteiger charge is 1.86. The quantitative estimate of drug-likeness (QED) is 0.464. The van der Waals surface area contributed by atoms with E-state index in [0.29, 0.717) is 6.41 Å². The number of carbonyl (C=O) groups excluding carboxylic acids is 1. The van der Waals surface area contributed by atoms with Crippen molar-refractivity contribution in [1.29, 1.82) is 0 Å². The van der Waals surface area contributed by atoms with Gasteiger partial charge in [-0.05, 0) is 6.07 Å². The fraction of sp³-hybridized carbons (Fsp3) is 0. The molecule has 0 aliphatic rings. The van der Waals surface area contributed by atoms with Crippen LogP contribution >= 0.6 is 0 Å². The highest BCUT2D eigenvalue weighted by Crippen LogP contribution is 1.69. The zero-order valence-electron chi connectivity index (χ0n) is 4.52. The van der Waals surface area contributed by atoms with Gasteiger partial charge in [-0.2, -0.15) is 0 Å². The average Bonchev–Trinajstić information content (AvgIpc) is 1.89. The summed E-state index contributed by atoms with van der Waals surface area (Å²) in [7, 11) is 0. The standard InChI is InChI=1S/C5H4N2O2/c8-4-7-3-1-2-6-5(7)9/h1-4H. The molecule has 0 unspecified atom stereocenters. The molecule has 1 aromatic rings. The second kappa shape index (κ2) is 2.21. The van der Waals surface area contributed by atoms with E-state index in [1.807, 2.05) is 0 Å². The van der Waals surface area contributed by atoms with Crippen LogP contribution in [0, 0.1) is 0 Å². The van der Waals surface area contributed by atoms with E-state index in [4.69, 9.17) is 0 Å². The Morgan fingerprint density at radius 2 is 2.44 bits per heavy atom. The first-order valence-electron chi connectivity index (χ1n) is 2.33. The number of hydrogen-bond acceptors (Lipinski definition) is 3. The highest BCUT2D eigenvalue weighted by atomic mass is 16.2. The number of aromatic nitrogens is 2. The summed E-state index contributed by atoms with van der Waals surface area (Å²) in [4.78, 5) is 23.7. The Morgan fingerprint density at radius 3 is 2.89 bits per heavy atom. The molecule has 0 aliphatic carbocycles. The summed E-state index contributed by atoms with van der Waals surface area (Å²) < 4.78 is 0.861. The summed E-state index contributed by atoms with van der Waals surface area (Å²) in [6.07, 6.45) is 3.10. The van der Waals surface area contributed by atoms with Crippen molar-refractivity contribution in [2.45, 2.75) is 0 Å². The Bertz CT molecular complexity index is 266. The lowest BCUT2D eigenvalue weighted by Crippen LogP contribution is -2.20. The van der Waals surface area contributed by atoms with E-state index in [0.717, 1.165) is 4.57 Å². The molecule has 0 fully saturated rings. The fourth-order valence-corrected chi connectivity index (χ4v) is 0.449. The zero-order valence-corrected chi connectivity index (χ0v) is 4.52. The van der Waals surface area contributed by atoms with E-state index in [2.05, 4.69) is 4.98 Å². The van der Waals surface area contributed by atoms with E-state index in [1.165, 1.54) is 18.5 Å². The highest BCUT2D eigenvalue weighted by molar-refractivity contribution is 5.50. The third-order valence-corrected chi connectivity index (χ3v) is 0.852. The number of rotatable bonds is 1. The Balaban J connectivity index is 3.32. The minimum absolute atomic E-state index is 0.412. The molecular formula is C5H4N2O2. The van der Waals surface area contributed by atoms with Gasteiger partial charge in [0.15, 0.2) is 0 Å². The van der Waals surface area contributed by atoms with Gasteiger partial charge >= 0.3 is 5.69 Å². The first kappa shape index (κ1) is 5.68. The SMILES string of the molecule is O=Cn1cccnc1=O. The lowest BCUT2D eigenvalue weighted by molar-refractivity contribution is 0.544. The maximum atomic E-state index is 10.5. The molecule has 0 radical (unpaired) electrons. The Morgan fingerprint density at radius 1 is 1.67 bits per heavy atom. The van der Waals surface area contributed by atoms with Gasteiger partial charge in [-0.15, -0.1) is 0 Å². The molecule has 9 heavy (non-hydrogen) atoms. The van der Waals surface area contributed by atoms with Crippen LogP contribution in [0.15, 0.2) is 23.3 Å². The fourth-order valence-electron chi connectivity index (χ4n) is 0.449. The molecule has 0 amide bonds. The van der Waals surface area contributed by atoms with Crippen LogP contribution < -0.4 is 5.69 Å². The summed E-state index contributed by atoms with van der Waals surface area (Å²) >= 11 is 0. The Kier molecular flexibility index (Phi) is 1.40. The summed E-state index contributed by atoms with van der Waals surface area (Å²) in [5.41, 5.74) is -0.549. The summed E-state index contributed by atoms with van der Waals surface area (Å²) in [5.74, 6) is 0. The van der Waals surface area contributed by atoms with Crippen LogP contribution in [0.4, 0.5) is 0 Å². The monoisotopic (exact) mass is 124 g/mol. The van der Waals surface area contributed by atoms with Crippen molar-refractivity contribution < 1.29 is 4.79 Å². The predicted octanol–water partition coefficient (Wildman–Crippen LogP) is -0.718. The van der Waals surface area contributed by atoms with Crippen LogP contribution in [0.5, 0.6) is 0 Å². The maximum absolute atomic E-state index is 10.5. The van der Waals surface area contributed by atoms with Gasteiger partial charge in [0.05, 0.1) is 0 Å². The number of carbonyl (C=O) groups is 1. The normalized spacial score (nSPS) is 8.89. The molecule has 46 valence electrons. The van der Waals surface area contributed by atoms with Crippen molar-refractivity contribution in [3.05, 3.63) is 28.9 Å². The van der Waals surface area contributed by atoms with Crippen molar-refractivity contribution >= 4 is 6.41 Å². The molecule has 0 aliphatic heterocycles. The van der Waals surface area contributed by atoms with E-state index in [9.17, 15) is 9.59 Å². The number of hydrogen-bond donors (Lipinski definition) is 0. The minimum atomic E-state index is -0.549. The molecular weight excluding hydrogens is 120 g/mol. The third kappa shape index (κ3) is 1.02. The molecule has 0 atom stereocenters. The van der Waals surface area contributed by atoms with Crippen molar-refractivity contribution in [2.75, 3.05) is 0 Å².